The Morgan fingerprint density at radius 3 is 2.52 bits per heavy atom. The molecule has 0 atom stereocenters. The maximum absolute atomic E-state index is 9.36. The van der Waals surface area contributed by atoms with Gasteiger partial charge in [0.1, 0.15) is 19.2 Å². The summed E-state index contributed by atoms with van der Waals surface area (Å²) < 4.78 is 11.2. The van der Waals surface area contributed by atoms with Crippen molar-refractivity contribution in [3.8, 4) is 17.5 Å². The molecule has 1 aromatic carbocycles. The molecule has 1 saturated heterocycles. The first-order chi connectivity index (χ1) is 13.0. The highest BCUT2D eigenvalue weighted by atomic mass is 16.5. The van der Waals surface area contributed by atoms with Crippen LogP contribution < -0.4 is 10.2 Å². The molecule has 0 spiro atoms. The van der Waals surface area contributed by atoms with Crippen molar-refractivity contribution in [2.45, 2.75) is 32.6 Å². The number of rotatable bonds is 6. The minimum atomic E-state index is 0.0993. The van der Waals surface area contributed by atoms with Gasteiger partial charge in [-0.15, -0.1) is 0 Å². The van der Waals surface area contributed by atoms with E-state index in [1.54, 1.807) is 4.90 Å². The zero-order chi connectivity index (χ0) is 19.3. The van der Waals surface area contributed by atoms with Gasteiger partial charge in [0.25, 0.3) is 0 Å². The first kappa shape index (κ1) is 19.4. The third kappa shape index (κ3) is 5.09. The molecule has 0 saturated carbocycles. The van der Waals surface area contributed by atoms with Gasteiger partial charge in [-0.2, -0.15) is 10.2 Å². The second kappa shape index (κ2) is 8.55. The van der Waals surface area contributed by atoms with Crippen LogP contribution in [-0.2, 0) is 10.2 Å². The molecule has 0 amide bonds. The van der Waals surface area contributed by atoms with Crippen molar-refractivity contribution in [2.75, 3.05) is 44.7 Å². The second-order valence-corrected chi connectivity index (χ2v) is 8.03. The van der Waals surface area contributed by atoms with Crippen LogP contribution in [-0.4, -0.2) is 44.4 Å². The predicted molar refractivity (Wildman–Crippen MR) is 105 cm³/mol. The lowest BCUT2D eigenvalue weighted by molar-refractivity contribution is -0.908. The lowest BCUT2D eigenvalue weighted by Gasteiger charge is -2.23. The molecule has 6 heteroatoms. The number of quaternary nitrogens is 1. The predicted octanol–water partition coefficient (Wildman–Crippen LogP) is 2.23. The zero-order valence-corrected chi connectivity index (χ0v) is 16.5. The summed E-state index contributed by atoms with van der Waals surface area (Å²) in [5.41, 5.74) is 2.54. The maximum Gasteiger partial charge on any atom is 0.232 e. The van der Waals surface area contributed by atoms with Gasteiger partial charge < -0.3 is 19.4 Å². The first-order valence-corrected chi connectivity index (χ1v) is 9.64. The fourth-order valence-electron chi connectivity index (χ4n) is 3.20. The van der Waals surface area contributed by atoms with Gasteiger partial charge in [-0.05, 0) is 23.1 Å². The smallest absolute Gasteiger partial charge is 0.232 e. The number of ether oxygens (including phenoxy) is 1. The molecule has 1 fully saturated rings. The van der Waals surface area contributed by atoms with Gasteiger partial charge in [-0.1, -0.05) is 32.9 Å². The van der Waals surface area contributed by atoms with Crippen molar-refractivity contribution in [1.82, 2.24) is 4.98 Å². The van der Waals surface area contributed by atoms with Crippen molar-refractivity contribution in [3.05, 3.63) is 35.5 Å². The molecule has 144 valence electrons. The number of nitrogens with zero attached hydrogens (tertiary/aromatic N) is 2. The average molecular weight is 369 g/mol. The molecule has 0 unspecified atom stereocenters. The monoisotopic (exact) mass is 369 g/mol. The molecule has 6 nitrogen and oxygen atoms in total. The van der Waals surface area contributed by atoms with Crippen molar-refractivity contribution in [2.24, 2.45) is 0 Å². The molecule has 0 radical (unpaired) electrons. The van der Waals surface area contributed by atoms with Gasteiger partial charge in [-0.3, -0.25) is 0 Å². The Kier molecular flexibility index (Phi) is 6.15. The summed E-state index contributed by atoms with van der Waals surface area (Å²) in [4.78, 5) is 5.92. The standard InChI is InChI=1S/C21H28N4O2/c1-21(2,3)17-7-5-16(6-8-17)19-24-18(15-22)20(27-19)23-9-4-10-25-11-13-26-14-12-25/h5-8,23H,4,9-14H2,1-3H3/p+1. The van der Waals surface area contributed by atoms with E-state index in [9.17, 15) is 5.26 Å². The van der Waals surface area contributed by atoms with Gasteiger partial charge in [0.05, 0.1) is 19.8 Å². The van der Waals surface area contributed by atoms with Gasteiger partial charge in [0.15, 0.2) is 0 Å². The third-order valence-electron chi connectivity index (χ3n) is 4.92. The molecule has 2 heterocycles. The Morgan fingerprint density at radius 1 is 1.19 bits per heavy atom. The summed E-state index contributed by atoms with van der Waals surface area (Å²) in [6.07, 6.45) is 1.01. The Labute approximate surface area is 161 Å². The van der Waals surface area contributed by atoms with Crippen LogP contribution in [0.3, 0.4) is 0 Å². The van der Waals surface area contributed by atoms with Crippen LogP contribution in [0.25, 0.3) is 11.5 Å². The van der Waals surface area contributed by atoms with Crippen molar-refractivity contribution in [3.63, 3.8) is 0 Å². The van der Waals surface area contributed by atoms with Gasteiger partial charge in [0.2, 0.25) is 17.5 Å². The zero-order valence-electron chi connectivity index (χ0n) is 16.5. The number of morpholine rings is 1. The molecular weight excluding hydrogens is 340 g/mol. The number of aromatic nitrogens is 1. The molecular formula is C21H29N4O2+. The Balaban J connectivity index is 1.60. The summed E-state index contributed by atoms with van der Waals surface area (Å²) >= 11 is 0. The summed E-state index contributed by atoms with van der Waals surface area (Å²) in [6, 6.07) is 10.3. The number of nitriles is 1. The minimum Gasteiger partial charge on any atom is -0.419 e. The molecule has 0 aliphatic carbocycles. The normalized spacial score (nSPS) is 15.5. The molecule has 3 rings (SSSR count). The summed E-state index contributed by atoms with van der Waals surface area (Å²) in [6.45, 7) is 12.2. The highest BCUT2D eigenvalue weighted by Crippen LogP contribution is 2.28. The van der Waals surface area contributed by atoms with E-state index in [0.717, 1.165) is 51.4 Å². The molecule has 2 N–H and O–H groups in total. The molecule has 0 bridgehead atoms. The largest absolute Gasteiger partial charge is 0.419 e. The van der Waals surface area contributed by atoms with Crippen LogP contribution >= 0.6 is 0 Å². The van der Waals surface area contributed by atoms with Crippen LogP contribution in [0.2, 0.25) is 0 Å². The maximum atomic E-state index is 9.36. The van der Waals surface area contributed by atoms with E-state index in [2.05, 4.69) is 49.3 Å². The van der Waals surface area contributed by atoms with E-state index in [-0.39, 0.29) is 5.41 Å². The van der Waals surface area contributed by atoms with E-state index in [1.165, 1.54) is 5.56 Å². The lowest BCUT2D eigenvalue weighted by atomic mass is 9.87. The average Bonchev–Trinajstić information content (AvgIpc) is 3.09. The topological polar surface area (TPSA) is 75.5 Å². The number of hydrogen-bond donors (Lipinski definition) is 2. The van der Waals surface area contributed by atoms with Crippen LogP contribution in [0.5, 0.6) is 0 Å². The SMILES string of the molecule is CC(C)(C)c1ccc(-c2nc(C#N)c(NCCC[NH+]3CCOCC3)o2)cc1. The molecule has 1 aromatic heterocycles. The number of nitrogens with one attached hydrogen (secondary N) is 2. The fourth-order valence-corrected chi connectivity index (χ4v) is 3.20. The van der Waals surface area contributed by atoms with E-state index >= 15 is 0 Å². The van der Waals surface area contributed by atoms with Crippen LogP contribution in [0.1, 0.15) is 38.4 Å². The summed E-state index contributed by atoms with van der Waals surface area (Å²) in [7, 11) is 0. The van der Waals surface area contributed by atoms with Gasteiger partial charge in [-0.25, -0.2) is 0 Å². The molecule has 2 aromatic rings. The van der Waals surface area contributed by atoms with Crippen LogP contribution in [0.15, 0.2) is 28.7 Å². The van der Waals surface area contributed by atoms with Crippen molar-refractivity contribution in [1.29, 1.82) is 5.26 Å². The number of hydrogen-bond acceptors (Lipinski definition) is 5. The third-order valence-corrected chi connectivity index (χ3v) is 4.92. The fraction of sp³-hybridized carbons (Fsp3) is 0.524. The minimum absolute atomic E-state index is 0.0993. The van der Waals surface area contributed by atoms with Crippen molar-refractivity contribution < 1.29 is 14.1 Å². The summed E-state index contributed by atoms with van der Waals surface area (Å²) in [5.74, 6) is 0.942. The van der Waals surface area contributed by atoms with E-state index in [4.69, 9.17) is 9.15 Å². The van der Waals surface area contributed by atoms with E-state index in [1.807, 2.05) is 12.1 Å². The summed E-state index contributed by atoms with van der Waals surface area (Å²) in [5, 5.41) is 12.6. The molecule has 1 aliphatic heterocycles. The van der Waals surface area contributed by atoms with Crippen LogP contribution in [0, 0.1) is 11.3 Å². The van der Waals surface area contributed by atoms with E-state index in [0.29, 0.717) is 17.5 Å². The number of benzene rings is 1. The number of oxazole rings is 1. The Bertz CT molecular complexity index is 778. The first-order valence-electron chi connectivity index (χ1n) is 9.64. The van der Waals surface area contributed by atoms with Gasteiger partial charge in [0, 0.05) is 18.5 Å². The lowest BCUT2D eigenvalue weighted by Crippen LogP contribution is -3.14. The Morgan fingerprint density at radius 2 is 1.89 bits per heavy atom. The van der Waals surface area contributed by atoms with Crippen LogP contribution in [0.4, 0.5) is 5.88 Å². The van der Waals surface area contributed by atoms with E-state index < -0.39 is 0 Å². The van der Waals surface area contributed by atoms with Crippen molar-refractivity contribution >= 4 is 5.88 Å². The number of anilines is 1. The molecule has 27 heavy (non-hydrogen) atoms. The second-order valence-electron chi connectivity index (χ2n) is 8.03. The highest BCUT2D eigenvalue weighted by Gasteiger charge is 2.17. The Hall–Kier alpha value is -2.36. The molecule has 1 aliphatic rings. The van der Waals surface area contributed by atoms with Gasteiger partial charge >= 0.3 is 0 Å². The quantitative estimate of drug-likeness (QED) is 0.764. The highest BCUT2D eigenvalue weighted by molar-refractivity contribution is 5.59.